The first-order valence-corrected chi connectivity index (χ1v) is 7.64. The zero-order chi connectivity index (χ0) is 17.1. The smallest absolute Gasteiger partial charge is 0.309 e. The molecule has 0 spiro atoms. The van der Waals surface area contributed by atoms with Crippen molar-refractivity contribution in [3.63, 3.8) is 0 Å². The van der Waals surface area contributed by atoms with Gasteiger partial charge in [-0.2, -0.15) is 0 Å². The Labute approximate surface area is 135 Å². The van der Waals surface area contributed by atoms with Crippen molar-refractivity contribution in [2.24, 2.45) is 0 Å². The highest BCUT2D eigenvalue weighted by molar-refractivity contribution is 6.47. The van der Waals surface area contributed by atoms with E-state index in [0.717, 1.165) is 22.5 Å². The van der Waals surface area contributed by atoms with E-state index < -0.39 is 11.2 Å². The molecular formula is C17H29BO4. The molecule has 124 valence electrons. The van der Waals surface area contributed by atoms with Crippen LogP contribution < -0.4 is 14.9 Å². The maximum absolute atomic E-state index is 10.2. The molecule has 0 saturated carbocycles. The predicted molar refractivity (Wildman–Crippen MR) is 91.9 cm³/mol. The monoisotopic (exact) mass is 308 g/mol. The van der Waals surface area contributed by atoms with Crippen LogP contribution in [-0.2, 0) is 4.65 Å². The van der Waals surface area contributed by atoms with Crippen LogP contribution in [0.25, 0.3) is 0 Å². The standard InChI is InChI=1S/C17H29BO4/c1-11(2)15-13(20-7)9-12(10-14(15)21-8)18-22-17(5,6)16(3,4)19/h9-11,18-19H,1-8H3. The van der Waals surface area contributed by atoms with E-state index in [1.807, 2.05) is 26.0 Å². The lowest BCUT2D eigenvalue weighted by molar-refractivity contribution is -0.0893. The summed E-state index contributed by atoms with van der Waals surface area (Å²) in [6.45, 7) is 11.5. The lowest BCUT2D eigenvalue weighted by atomic mass is 9.81. The van der Waals surface area contributed by atoms with Crippen LogP contribution in [0.15, 0.2) is 12.1 Å². The number of aliphatic hydroxyl groups is 1. The summed E-state index contributed by atoms with van der Waals surface area (Å²) in [7, 11) is 3.69. The van der Waals surface area contributed by atoms with Crippen molar-refractivity contribution in [2.45, 2.75) is 58.7 Å². The second-order valence-corrected chi connectivity index (χ2v) is 6.93. The van der Waals surface area contributed by atoms with Gasteiger partial charge in [0.15, 0.2) is 0 Å². The Morgan fingerprint density at radius 3 is 1.77 bits per heavy atom. The number of hydrogen-bond acceptors (Lipinski definition) is 4. The van der Waals surface area contributed by atoms with E-state index in [4.69, 9.17) is 14.1 Å². The molecule has 0 aliphatic heterocycles. The largest absolute Gasteiger partial charge is 0.496 e. The van der Waals surface area contributed by atoms with Crippen molar-refractivity contribution in [3.05, 3.63) is 17.7 Å². The molecule has 1 rings (SSSR count). The molecule has 0 bridgehead atoms. The van der Waals surface area contributed by atoms with Crippen LogP contribution in [-0.4, -0.2) is 38.0 Å². The molecule has 0 saturated heterocycles. The summed E-state index contributed by atoms with van der Waals surface area (Å²) in [5, 5.41) is 10.2. The van der Waals surface area contributed by atoms with E-state index in [-0.39, 0.29) is 0 Å². The average molecular weight is 308 g/mol. The Bertz CT molecular complexity index is 479. The lowest BCUT2D eigenvalue weighted by Gasteiger charge is -2.37. The van der Waals surface area contributed by atoms with Gasteiger partial charge in [0, 0.05) is 5.56 Å². The topological polar surface area (TPSA) is 47.9 Å². The first kappa shape index (κ1) is 18.9. The Balaban J connectivity index is 3.07. The number of hydrogen-bond donors (Lipinski definition) is 1. The third kappa shape index (κ3) is 4.17. The highest BCUT2D eigenvalue weighted by atomic mass is 16.5. The second kappa shape index (κ2) is 6.92. The van der Waals surface area contributed by atoms with Gasteiger partial charge in [-0.15, -0.1) is 0 Å². The maximum atomic E-state index is 10.2. The number of ether oxygens (including phenoxy) is 2. The molecule has 0 unspecified atom stereocenters. The number of methoxy groups -OCH3 is 2. The second-order valence-electron chi connectivity index (χ2n) is 6.93. The van der Waals surface area contributed by atoms with Crippen molar-refractivity contribution in [1.29, 1.82) is 0 Å². The summed E-state index contributed by atoms with van der Waals surface area (Å²) in [5.41, 5.74) is 0.411. The van der Waals surface area contributed by atoms with Gasteiger partial charge in [-0.1, -0.05) is 13.8 Å². The Hall–Kier alpha value is -1.20. The van der Waals surface area contributed by atoms with Crippen LogP contribution in [0.1, 0.15) is 53.0 Å². The molecular weight excluding hydrogens is 279 g/mol. The zero-order valence-corrected chi connectivity index (χ0v) is 15.1. The van der Waals surface area contributed by atoms with E-state index in [9.17, 15) is 5.11 Å². The summed E-state index contributed by atoms with van der Waals surface area (Å²) in [6, 6.07) is 3.94. The van der Waals surface area contributed by atoms with Gasteiger partial charge in [0.25, 0.3) is 0 Å². The summed E-state index contributed by atoms with van der Waals surface area (Å²) in [6.07, 6.45) is 0. The normalized spacial score (nSPS) is 12.5. The summed E-state index contributed by atoms with van der Waals surface area (Å²) >= 11 is 0. The predicted octanol–water partition coefficient (Wildman–Crippen LogP) is 2.37. The lowest BCUT2D eigenvalue weighted by Crippen LogP contribution is -2.49. The minimum atomic E-state index is -0.932. The van der Waals surface area contributed by atoms with Gasteiger partial charge in [-0.05, 0) is 51.2 Å². The van der Waals surface area contributed by atoms with E-state index in [1.54, 1.807) is 28.1 Å². The summed E-state index contributed by atoms with van der Waals surface area (Å²) in [5.74, 6) is 1.90. The van der Waals surface area contributed by atoms with Gasteiger partial charge in [0.2, 0.25) is 0 Å². The molecule has 0 aliphatic carbocycles. The third-order valence-corrected chi connectivity index (χ3v) is 4.25. The molecule has 5 heteroatoms. The highest BCUT2D eigenvalue weighted by Crippen LogP contribution is 2.34. The minimum Gasteiger partial charge on any atom is -0.496 e. The van der Waals surface area contributed by atoms with Gasteiger partial charge in [-0.25, -0.2) is 0 Å². The molecule has 0 aliphatic rings. The molecule has 0 fully saturated rings. The van der Waals surface area contributed by atoms with E-state index in [1.165, 1.54) is 0 Å². The molecule has 0 heterocycles. The fraction of sp³-hybridized carbons (Fsp3) is 0.647. The van der Waals surface area contributed by atoms with Gasteiger partial charge < -0.3 is 19.2 Å². The van der Waals surface area contributed by atoms with Crippen molar-refractivity contribution in [2.75, 3.05) is 14.2 Å². The quantitative estimate of drug-likeness (QED) is 0.786. The van der Waals surface area contributed by atoms with Crippen LogP contribution in [0, 0.1) is 0 Å². The van der Waals surface area contributed by atoms with Crippen LogP contribution in [0.2, 0.25) is 0 Å². The van der Waals surface area contributed by atoms with Crippen LogP contribution in [0.4, 0.5) is 0 Å². The van der Waals surface area contributed by atoms with Gasteiger partial charge in [0.1, 0.15) is 11.5 Å². The van der Waals surface area contributed by atoms with Gasteiger partial charge >= 0.3 is 7.48 Å². The fourth-order valence-corrected chi connectivity index (χ4v) is 2.09. The van der Waals surface area contributed by atoms with E-state index in [2.05, 4.69) is 13.8 Å². The number of benzene rings is 1. The molecule has 0 aromatic heterocycles. The molecule has 4 nitrogen and oxygen atoms in total. The first-order chi connectivity index (χ1) is 10.0. The summed E-state index contributed by atoms with van der Waals surface area (Å²) < 4.78 is 16.9. The van der Waals surface area contributed by atoms with Crippen LogP contribution >= 0.6 is 0 Å². The fourth-order valence-electron chi connectivity index (χ4n) is 2.09. The SMILES string of the molecule is COc1cc(BOC(C)(C)C(C)(C)O)cc(OC)c1C(C)C. The van der Waals surface area contributed by atoms with Crippen LogP contribution in [0.3, 0.4) is 0 Å². The maximum Gasteiger partial charge on any atom is 0.309 e. The van der Waals surface area contributed by atoms with Crippen LogP contribution in [0.5, 0.6) is 11.5 Å². The zero-order valence-electron chi connectivity index (χ0n) is 15.1. The minimum absolute atomic E-state index is 0.299. The molecule has 22 heavy (non-hydrogen) atoms. The Morgan fingerprint density at radius 2 is 1.45 bits per heavy atom. The van der Waals surface area contributed by atoms with Crippen molar-refractivity contribution in [1.82, 2.24) is 0 Å². The van der Waals surface area contributed by atoms with E-state index in [0.29, 0.717) is 13.4 Å². The number of rotatable bonds is 7. The summed E-state index contributed by atoms with van der Waals surface area (Å²) in [4.78, 5) is 0. The van der Waals surface area contributed by atoms with Crippen molar-refractivity contribution >= 4 is 12.9 Å². The van der Waals surface area contributed by atoms with Gasteiger partial charge in [-0.3, -0.25) is 0 Å². The Kier molecular flexibility index (Phi) is 5.93. The van der Waals surface area contributed by atoms with Gasteiger partial charge in [0.05, 0.1) is 25.4 Å². The highest BCUT2D eigenvalue weighted by Gasteiger charge is 2.35. The molecule has 0 radical (unpaired) electrons. The Morgan fingerprint density at radius 1 is 1.00 bits per heavy atom. The average Bonchev–Trinajstić information content (AvgIpc) is 2.42. The van der Waals surface area contributed by atoms with Crippen molar-refractivity contribution in [3.8, 4) is 11.5 Å². The third-order valence-electron chi connectivity index (χ3n) is 4.25. The molecule has 1 aromatic rings. The molecule has 0 amide bonds. The first-order valence-electron chi connectivity index (χ1n) is 7.64. The molecule has 1 N–H and O–H groups in total. The van der Waals surface area contributed by atoms with E-state index >= 15 is 0 Å². The molecule has 1 aromatic carbocycles. The van der Waals surface area contributed by atoms with Crippen molar-refractivity contribution < 1.29 is 19.2 Å². The molecule has 0 atom stereocenters.